The monoisotopic (exact) mass is 249 g/mol. The number of halogens is 1. The first-order valence-corrected chi connectivity index (χ1v) is 6.14. The van der Waals surface area contributed by atoms with Crippen LogP contribution in [0.1, 0.15) is 32.2 Å². The first kappa shape index (κ1) is 12.1. The zero-order valence-corrected chi connectivity index (χ0v) is 11.1. The molecule has 1 heterocycles. The predicted octanol–water partition coefficient (Wildman–Crippen LogP) is 3.30. The van der Waals surface area contributed by atoms with Gasteiger partial charge in [-0.3, -0.25) is 0 Å². The molecule has 0 fully saturated rings. The van der Waals surface area contributed by atoms with E-state index in [1.807, 2.05) is 35.0 Å². The molecule has 0 amide bonds. The summed E-state index contributed by atoms with van der Waals surface area (Å²) in [7, 11) is 0. The Morgan fingerprint density at radius 3 is 2.35 bits per heavy atom. The third kappa shape index (κ3) is 2.34. The molecular formula is C13H16ClN3. The van der Waals surface area contributed by atoms with E-state index in [2.05, 4.69) is 31.1 Å². The molecule has 0 radical (unpaired) electrons. The van der Waals surface area contributed by atoms with E-state index < -0.39 is 0 Å². The Morgan fingerprint density at radius 2 is 1.82 bits per heavy atom. The van der Waals surface area contributed by atoms with Gasteiger partial charge in [-0.2, -0.15) is 0 Å². The molecule has 3 nitrogen and oxygen atoms in total. The number of nitrogens with zero attached hydrogens (tertiary/aromatic N) is 3. The Kier molecular flexibility index (Phi) is 3.20. The van der Waals surface area contributed by atoms with Crippen molar-refractivity contribution in [2.75, 3.05) is 0 Å². The highest BCUT2D eigenvalue weighted by Gasteiger charge is 2.25. The molecule has 0 saturated heterocycles. The number of benzene rings is 1. The molecule has 0 atom stereocenters. The lowest BCUT2D eigenvalue weighted by molar-refractivity contribution is 0.539. The number of rotatable bonds is 2. The van der Waals surface area contributed by atoms with Gasteiger partial charge >= 0.3 is 0 Å². The van der Waals surface area contributed by atoms with Crippen molar-refractivity contribution < 1.29 is 0 Å². The molecule has 0 bridgehead atoms. The molecule has 0 unspecified atom stereocenters. The minimum atomic E-state index is -0.0381. The van der Waals surface area contributed by atoms with Crippen LogP contribution >= 0.6 is 11.6 Å². The van der Waals surface area contributed by atoms with Gasteiger partial charge in [-0.25, -0.2) is 4.68 Å². The molecule has 0 N–H and O–H groups in total. The second-order valence-corrected chi connectivity index (χ2v) is 5.28. The Labute approximate surface area is 106 Å². The van der Waals surface area contributed by atoms with Crippen molar-refractivity contribution in [2.24, 2.45) is 0 Å². The Bertz CT molecular complexity index is 497. The van der Waals surface area contributed by atoms with E-state index in [0.717, 1.165) is 17.1 Å². The molecular weight excluding hydrogens is 234 g/mol. The SMILES string of the molecule is CC(C)(C)c1c(CCl)nnn1-c1ccccc1. The van der Waals surface area contributed by atoms with Crippen LogP contribution in [0.5, 0.6) is 0 Å². The zero-order chi connectivity index (χ0) is 12.5. The molecule has 1 aromatic carbocycles. The average molecular weight is 250 g/mol. The summed E-state index contributed by atoms with van der Waals surface area (Å²) in [6, 6.07) is 10.00. The molecule has 17 heavy (non-hydrogen) atoms. The van der Waals surface area contributed by atoms with Gasteiger partial charge in [-0.1, -0.05) is 44.2 Å². The molecule has 0 spiro atoms. The maximum atomic E-state index is 5.92. The van der Waals surface area contributed by atoms with Gasteiger partial charge < -0.3 is 0 Å². The molecule has 0 aliphatic heterocycles. The van der Waals surface area contributed by atoms with E-state index in [0.29, 0.717) is 5.88 Å². The summed E-state index contributed by atoms with van der Waals surface area (Å²) in [5.74, 6) is 0.388. The summed E-state index contributed by atoms with van der Waals surface area (Å²) >= 11 is 5.92. The summed E-state index contributed by atoms with van der Waals surface area (Å²) in [4.78, 5) is 0. The van der Waals surface area contributed by atoms with Gasteiger partial charge in [0.25, 0.3) is 0 Å². The van der Waals surface area contributed by atoms with Crippen molar-refractivity contribution >= 4 is 11.6 Å². The van der Waals surface area contributed by atoms with Crippen molar-refractivity contribution in [3.05, 3.63) is 41.7 Å². The molecule has 2 rings (SSSR count). The van der Waals surface area contributed by atoms with Gasteiger partial charge in [-0.15, -0.1) is 16.7 Å². The second kappa shape index (κ2) is 4.49. The van der Waals surface area contributed by atoms with Gasteiger partial charge in [0.15, 0.2) is 0 Å². The fraction of sp³-hybridized carbons (Fsp3) is 0.385. The summed E-state index contributed by atoms with van der Waals surface area (Å²) in [5, 5.41) is 8.36. The van der Waals surface area contributed by atoms with Gasteiger partial charge in [0, 0.05) is 5.41 Å². The standard InChI is InChI=1S/C13H16ClN3/c1-13(2,3)12-11(9-14)15-16-17(12)10-7-5-4-6-8-10/h4-8H,9H2,1-3H3. The van der Waals surface area contributed by atoms with Crippen LogP contribution < -0.4 is 0 Å². The Balaban J connectivity index is 2.60. The van der Waals surface area contributed by atoms with Crippen LogP contribution in [0.3, 0.4) is 0 Å². The topological polar surface area (TPSA) is 30.7 Å². The fourth-order valence-corrected chi connectivity index (χ4v) is 2.08. The van der Waals surface area contributed by atoms with Crippen molar-refractivity contribution in [2.45, 2.75) is 32.1 Å². The number of hydrogen-bond acceptors (Lipinski definition) is 2. The van der Waals surface area contributed by atoms with Gasteiger partial charge in [0.1, 0.15) is 5.69 Å². The maximum Gasteiger partial charge on any atom is 0.102 e. The van der Waals surface area contributed by atoms with Crippen LogP contribution in [-0.4, -0.2) is 15.0 Å². The van der Waals surface area contributed by atoms with Gasteiger partial charge in [-0.05, 0) is 12.1 Å². The van der Waals surface area contributed by atoms with Crippen LogP contribution in [0.25, 0.3) is 5.69 Å². The second-order valence-electron chi connectivity index (χ2n) is 5.02. The summed E-state index contributed by atoms with van der Waals surface area (Å²) < 4.78 is 1.87. The minimum Gasteiger partial charge on any atom is -0.217 e. The van der Waals surface area contributed by atoms with Gasteiger partial charge in [0.05, 0.1) is 17.3 Å². The predicted molar refractivity (Wildman–Crippen MR) is 69.6 cm³/mol. The number of aromatic nitrogens is 3. The van der Waals surface area contributed by atoms with E-state index in [-0.39, 0.29) is 5.41 Å². The number of para-hydroxylation sites is 1. The van der Waals surface area contributed by atoms with Crippen molar-refractivity contribution in [1.29, 1.82) is 0 Å². The molecule has 2 aromatic rings. The van der Waals surface area contributed by atoms with Crippen molar-refractivity contribution in [1.82, 2.24) is 15.0 Å². The lowest BCUT2D eigenvalue weighted by atomic mass is 9.90. The highest BCUT2D eigenvalue weighted by atomic mass is 35.5. The third-order valence-electron chi connectivity index (χ3n) is 2.58. The number of alkyl halides is 1. The van der Waals surface area contributed by atoms with Crippen LogP contribution in [0.15, 0.2) is 30.3 Å². The Hall–Kier alpha value is -1.35. The third-order valence-corrected chi connectivity index (χ3v) is 2.83. The smallest absolute Gasteiger partial charge is 0.102 e. The van der Waals surface area contributed by atoms with Crippen molar-refractivity contribution in [3.63, 3.8) is 0 Å². The van der Waals surface area contributed by atoms with E-state index in [1.54, 1.807) is 0 Å². The van der Waals surface area contributed by atoms with Crippen LogP contribution in [0, 0.1) is 0 Å². The summed E-state index contributed by atoms with van der Waals surface area (Å²) in [5.41, 5.74) is 2.90. The van der Waals surface area contributed by atoms with E-state index in [1.165, 1.54) is 0 Å². The highest BCUT2D eigenvalue weighted by molar-refractivity contribution is 6.17. The van der Waals surface area contributed by atoms with Crippen LogP contribution in [0.4, 0.5) is 0 Å². The molecule has 0 aliphatic rings. The quantitative estimate of drug-likeness (QED) is 0.765. The lowest BCUT2D eigenvalue weighted by Crippen LogP contribution is -2.19. The summed E-state index contributed by atoms with van der Waals surface area (Å²) in [6.07, 6.45) is 0. The molecule has 4 heteroatoms. The average Bonchev–Trinajstić information content (AvgIpc) is 2.73. The van der Waals surface area contributed by atoms with Crippen LogP contribution in [-0.2, 0) is 11.3 Å². The molecule has 0 saturated carbocycles. The molecule has 0 aliphatic carbocycles. The van der Waals surface area contributed by atoms with E-state index in [9.17, 15) is 0 Å². The summed E-state index contributed by atoms with van der Waals surface area (Å²) in [6.45, 7) is 6.42. The first-order chi connectivity index (χ1) is 8.04. The first-order valence-electron chi connectivity index (χ1n) is 5.60. The van der Waals surface area contributed by atoms with Crippen molar-refractivity contribution in [3.8, 4) is 5.69 Å². The normalized spacial score (nSPS) is 11.8. The highest BCUT2D eigenvalue weighted by Crippen LogP contribution is 2.27. The molecule has 90 valence electrons. The van der Waals surface area contributed by atoms with Gasteiger partial charge in [0.2, 0.25) is 0 Å². The van der Waals surface area contributed by atoms with Crippen LogP contribution in [0.2, 0.25) is 0 Å². The van der Waals surface area contributed by atoms with E-state index in [4.69, 9.17) is 11.6 Å². The lowest BCUT2D eigenvalue weighted by Gasteiger charge is -2.20. The Morgan fingerprint density at radius 1 is 1.18 bits per heavy atom. The fourth-order valence-electron chi connectivity index (χ4n) is 1.90. The largest absolute Gasteiger partial charge is 0.217 e. The maximum absolute atomic E-state index is 5.92. The number of hydrogen-bond donors (Lipinski definition) is 0. The zero-order valence-electron chi connectivity index (χ0n) is 10.3. The van der Waals surface area contributed by atoms with E-state index >= 15 is 0 Å². The minimum absolute atomic E-state index is 0.0381. The molecule has 1 aromatic heterocycles.